The van der Waals surface area contributed by atoms with Crippen molar-refractivity contribution in [2.24, 2.45) is 5.92 Å². The summed E-state index contributed by atoms with van der Waals surface area (Å²) in [4.78, 5) is 17.9. The predicted octanol–water partition coefficient (Wildman–Crippen LogP) is 0.914. The molecule has 2 N–H and O–H groups in total. The van der Waals surface area contributed by atoms with E-state index in [0.717, 1.165) is 24.2 Å². The predicted molar refractivity (Wildman–Crippen MR) is 68.0 cm³/mol. The molecule has 0 unspecified atom stereocenters. The van der Waals surface area contributed by atoms with E-state index in [1.807, 2.05) is 19.1 Å². The second-order valence-corrected chi connectivity index (χ2v) is 4.71. The Morgan fingerprint density at radius 2 is 2.50 bits per heavy atom. The molecule has 98 valence electrons. The van der Waals surface area contributed by atoms with E-state index in [0.29, 0.717) is 13.1 Å². The molecule has 1 atom stereocenters. The standard InChI is InChI=1S/C13H19N3O2/c1-10-3-2-5-14-12(10)7-15-13(18)16-6-4-11(8-16)9-17/h2-3,5,11,17H,4,6-9H2,1H3,(H,15,18)/t11-/m0/s1. The van der Waals surface area contributed by atoms with Crippen molar-refractivity contribution in [1.29, 1.82) is 0 Å². The molecule has 1 aromatic heterocycles. The van der Waals surface area contributed by atoms with Gasteiger partial charge in [-0.25, -0.2) is 4.79 Å². The summed E-state index contributed by atoms with van der Waals surface area (Å²) in [7, 11) is 0. The van der Waals surface area contributed by atoms with Gasteiger partial charge in [0.2, 0.25) is 0 Å². The number of urea groups is 1. The maximum absolute atomic E-state index is 11.9. The van der Waals surface area contributed by atoms with Gasteiger partial charge in [-0.2, -0.15) is 0 Å². The van der Waals surface area contributed by atoms with E-state index >= 15 is 0 Å². The number of aliphatic hydroxyl groups excluding tert-OH is 1. The van der Waals surface area contributed by atoms with Crippen molar-refractivity contribution in [2.45, 2.75) is 19.9 Å². The molecular weight excluding hydrogens is 230 g/mol. The van der Waals surface area contributed by atoms with Gasteiger partial charge in [-0.3, -0.25) is 4.98 Å². The fraction of sp³-hybridized carbons (Fsp3) is 0.538. The van der Waals surface area contributed by atoms with E-state index in [-0.39, 0.29) is 18.6 Å². The number of rotatable bonds is 3. The monoisotopic (exact) mass is 249 g/mol. The van der Waals surface area contributed by atoms with Gasteiger partial charge in [0.15, 0.2) is 0 Å². The Bertz CT molecular complexity index is 422. The smallest absolute Gasteiger partial charge is 0.317 e. The fourth-order valence-electron chi connectivity index (χ4n) is 2.14. The molecule has 0 aromatic carbocycles. The van der Waals surface area contributed by atoms with Crippen molar-refractivity contribution in [3.05, 3.63) is 29.6 Å². The van der Waals surface area contributed by atoms with Crippen molar-refractivity contribution < 1.29 is 9.90 Å². The van der Waals surface area contributed by atoms with Crippen LogP contribution >= 0.6 is 0 Å². The SMILES string of the molecule is Cc1cccnc1CNC(=O)N1CC[C@H](CO)C1. The topological polar surface area (TPSA) is 65.5 Å². The van der Waals surface area contributed by atoms with E-state index in [2.05, 4.69) is 10.3 Å². The van der Waals surface area contributed by atoms with Gasteiger partial charge in [0, 0.05) is 31.8 Å². The molecule has 18 heavy (non-hydrogen) atoms. The van der Waals surface area contributed by atoms with Gasteiger partial charge in [0.05, 0.1) is 12.2 Å². The summed E-state index contributed by atoms with van der Waals surface area (Å²) in [6.45, 7) is 3.95. The first-order valence-corrected chi connectivity index (χ1v) is 6.25. The van der Waals surface area contributed by atoms with E-state index in [1.165, 1.54) is 0 Å². The van der Waals surface area contributed by atoms with E-state index < -0.39 is 0 Å². The van der Waals surface area contributed by atoms with Gasteiger partial charge >= 0.3 is 6.03 Å². The number of pyridine rings is 1. The zero-order valence-electron chi connectivity index (χ0n) is 10.6. The van der Waals surface area contributed by atoms with Crippen LogP contribution in [-0.4, -0.2) is 40.7 Å². The number of aryl methyl sites for hydroxylation is 1. The van der Waals surface area contributed by atoms with E-state index in [4.69, 9.17) is 5.11 Å². The molecule has 0 aliphatic carbocycles. The molecule has 0 radical (unpaired) electrons. The van der Waals surface area contributed by atoms with Crippen LogP contribution in [0.2, 0.25) is 0 Å². The molecular formula is C13H19N3O2. The zero-order chi connectivity index (χ0) is 13.0. The second-order valence-electron chi connectivity index (χ2n) is 4.71. The van der Waals surface area contributed by atoms with Crippen molar-refractivity contribution in [3.8, 4) is 0 Å². The van der Waals surface area contributed by atoms with Gasteiger partial charge in [0.1, 0.15) is 0 Å². The van der Waals surface area contributed by atoms with Gasteiger partial charge in [-0.05, 0) is 25.0 Å². The van der Waals surface area contributed by atoms with Crippen molar-refractivity contribution in [1.82, 2.24) is 15.2 Å². The summed E-state index contributed by atoms with van der Waals surface area (Å²) >= 11 is 0. The highest BCUT2D eigenvalue weighted by Crippen LogP contribution is 2.15. The summed E-state index contributed by atoms with van der Waals surface area (Å²) in [5, 5.41) is 11.9. The highest BCUT2D eigenvalue weighted by molar-refractivity contribution is 5.74. The fourth-order valence-corrected chi connectivity index (χ4v) is 2.14. The molecule has 1 aromatic rings. The molecule has 5 heteroatoms. The summed E-state index contributed by atoms with van der Waals surface area (Å²) in [5.41, 5.74) is 1.97. The molecule has 1 aliphatic rings. The lowest BCUT2D eigenvalue weighted by molar-refractivity contribution is 0.198. The van der Waals surface area contributed by atoms with Gasteiger partial charge < -0.3 is 15.3 Å². The molecule has 5 nitrogen and oxygen atoms in total. The average Bonchev–Trinajstić information content (AvgIpc) is 2.86. The Morgan fingerprint density at radius 3 is 3.17 bits per heavy atom. The summed E-state index contributed by atoms with van der Waals surface area (Å²) in [6, 6.07) is 3.79. The number of hydrogen-bond acceptors (Lipinski definition) is 3. The number of carbonyl (C=O) groups is 1. The molecule has 1 fully saturated rings. The van der Waals surface area contributed by atoms with Crippen LogP contribution in [0.5, 0.6) is 0 Å². The lowest BCUT2D eigenvalue weighted by atomic mass is 10.1. The second kappa shape index (κ2) is 5.82. The van der Waals surface area contributed by atoms with Crippen LogP contribution in [0.15, 0.2) is 18.3 Å². The average molecular weight is 249 g/mol. The molecule has 1 saturated heterocycles. The number of aromatic nitrogens is 1. The van der Waals surface area contributed by atoms with Crippen molar-refractivity contribution in [3.63, 3.8) is 0 Å². The summed E-state index contributed by atoms with van der Waals surface area (Å²) in [5.74, 6) is 0.229. The van der Waals surface area contributed by atoms with Crippen LogP contribution in [-0.2, 0) is 6.54 Å². The van der Waals surface area contributed by atoms with Gasteiger partial charge in [-0.15, -0.1) is 0 Å². The lowest BCUT2D eigenvalue weighted by Crippen LogP contribution is -2.38. The first-order valence-electron chi connectivity index (χ1n) is 6.25. The lowest BCUT2D eigenvalue weighted by Gasteiger charge is -2.17. The van der Waals surface area contributed by atoms with E-state index in [1.54, 1.807) is 11.1 Å². The minimum absolute atomic E-state index is 0.0731. The number of aliphatic hydroxyl groups is 1. The Morgan fingerprint density at radius 1 is 1.67 bits per heavy atom. The number of likely N-dealkylation sites (tertiary alicyclic amines) is 1. The number of amides is 2. The minimum atomic E-state index is -0.0731. The molecule has 0 bridgehead atoms. The first kappa shape index (κ1) is 12.8. The van der Waals surface area contributed by atoms with Crippen LogP contribution in [0.4, 0.5) is 4.79 Å². The van der Waals surface area contributed by atoms with Gasteiger partial charge in [-0.1, -0.05) is 6.07 Å². The minimum Gasteiger partial charge on any atom is -0.396 e. The first-order chi connectivity index (χ1) is 8.70. The molecule has 2 amide bonds. The highest BCUT2D eigenvalue weighted by Gasteiger charge is 2.25. The van der Waals surface area contributed by atoms with Crippen LogP contribution in [0.1, 0.15) is 17.7 Å². The Labute approximate surface area is 107 Å². The number of nitrogens with one attached hydrogen (secondary N) is 1. The maximum atomic E-state index is 11.9. The molecule has 0 saturated carbocycles. The number of carbonyl (C=O) groups excluding carboxylic acids is 1. The number of hydrogen-bond donors (Lipinski definition) is 2. The number of nitrogens with zero attached hydrogens (tertiary/aromatic N) is 2. The third kappa shape index (κ3) is 2.98. The highest BCUT2D eigenvalue weighted by atomic mass is 16.3. The summed E-state index contributed by atoms with van der Waals surface area (Å²) < 4.78 is 0. The normalized spacial score (nSPS) is 19.0. The van der Waals surface area contributed by atoms with Crippen LogP contribution < -0.4 is 5.32 Å². The largest absolute Gasteiger partial charge is 0.396 e. The van der Waals surface area contributed by atoms with Crippen LogP contribution in [0.25, 0.3) is 0 Å². The van der Waals surface area contributed by atoms with Crippen molar-refractivity contribution in [2.75, 3.05) is 19.7 Å². The summed E-state index contributed by atoms with van der Waals surface area (Å²) in [6.07, 6.45) is 2.61. The van der Waals surface area contributed by atoms with Crippen molar-refractivity contribution >= 4 is 6.03 Å². The van der Waals surface area contributed by atoms with Crippen LogP contribution in [0, 0.1) is 12.8 Å². The van der Waals surface area contributed by atoms with Crippen LogP contribution in [0.3, 0.4) is 0 Å². The third-order valence-electron chi connectivity index (χ3n) is 3.36. The maximum Gasteiger partial charge on any atom is 0.317 e. The Kier molecular flexibility index (Phi) is 4.15. The Hall–Kier alpha value is -1.62. The zero-order valence-corrected chi connectivity index (χ0v) is 10.6. The third-order valence-corrected chi connectivity index (χ3v) is 3.36. The molecule has 0 spiro atoms. The Balaban J connectivity index is 1.84. The van der Waals surface area contributed by atoms with Gasteiger partial charge in [0.25, 0.3) is 0 Å². The van der Waals surface area contributed by atoms with E-state index in [9.17, 15) is 4.79 Å². The quantitative estimate of drug-likeness (QED) is 0.837. The molecule has 2 rings (SSSR count). The molecule has 1 aliphatic heterocycles. The molecule has 2 heterocycles.